The Morgan fingerprint density at radius 3 is 1.24 bits per heavy atom. The summed E-state index contributed by atoms with van der Waals surface area (Å²) in [6, 6.07) is 11.4. The van der Waals surface area contributed by atoms with Gasteiger partial charge in [0.2, 0.25) is 0 Å². The number of hydrogen-bond donors (Lipinski definition) is 0. The molecule has 8 saturated carbocycles. The normalized spacial score (nSPS) is 37.2. The van der Waals surface area contributed by atoms with Crippen LogP contribution in [0.15, 0.2) is 36.4 Å². The number of benzene rings is 2. The Balaban J connectivity index is 0.863. The first-order chi connectivity index (χ1) is 23.3. The van der Waals surface area contributed by atoms with Gasteiger partial charge in [-0.2, -0.15) is 0 Å². The molecule has 8 bridgehead atoms. The van der Waals surface area contributed by atoms with Gasteiger partial charge in [0, 0.05) is 0 Å². The van der Waals surface area contributed by atoms with Crippen molar-refractivity contribution >= 4 is 53.0 Å². The van der Waals surface area contributed by atoms with E-state index in [-0.39, 0.29) is 36.4 Å². The molecule has 0 saturated heterocycles. The molecule has 0 spiro atoms. The number of aryl methyl sites for hydroxylation is 2. The van der Waals surface area contributed by atoms with Gasteiger partial charge in [-0.05, 0) is 12.8 Å². The van der Waals surface area contributed by atoms with Crippen LogP contribution in [0, 0.1) is 61.2 Å². The Labute approximate surface area is 302 Å². The molecule has 49 heavy (non-hydrogen) atoms. The third-order valence-corrected chi connectivity index (χ3v) is 24.0. The SMILES string of the molecule is Cc1cc(OCC(=O)OC2(C)C3CC4CC(C3)CC2C4)ccc1[Te](Cl)(Cl)c1ccc(OCC(=O)OC2(C)C3CC4CC(C3)CC2C4)cc1C. The molecule has 2 aromatic carbocycles. The molecule has 6 nitrogen and oxygen atoms in total. The molecule has 10 rings (SSSR count). The molecular weight excluding hydrogens is 775 g/mol. The maximum atomic E-state index is 13.0. The van der Waals surface area contributed by atoms with E-state index in [0.717, 1.165) is 42.0 Å². The third-order valence-electron chi connectivity index (χ3n) is 13.7. The van der Waals surface area contributed by atoms with E-state index in [4.69, 9.17) is 36.9 Å². The van der Waals surface area contributed by atoms with E-state index in [2.05, 4.69) is 13.8 Å². The number of hydrogen-bond acceptors (Lipinski definition) is 6. The van der Waals surface area contributed by atoms with Crippen molar-refractivity contribution in [3.05, 3.63) is 47.5 Å². The minimum absolute atomic E-state index is 0.120. The zero-order chi connectivity index (χ0) is 34.3. The summed E-state index contributed by atoms with van der Waals surface area (Å²) in [4.78, 5) is 26.0. The average molecular weight is 825 g/mol. The van der Waals surface area contributed by atoms with E-state index in [0.29, 0.717) is 35.2 Å². The first-order valence-corrected chi connectivity index (χ1v) is 26.7. The zero-order valence-corrected chi connectivity index (χ0v) is 33.0. The standard InChI is InChI=1S/C40H50Cl2O6Te/c1-23-9-33(45-21-37(43)47-39(3)29-13-25-11-26(15-29)16-30(39)14-25)5-7-35(23)49(41,42)36-8-6-34(10-24(36)2)46-22-38(44)48-40(4)31-17-27-12-28(19-31)20-32(40)18-27/h5-10,25-32H,11-22H2,1-4H3. The van der Waals surface area contributed by atoms with Crippen LogP contribution in [-0.4, -0.2) is 52.3 Å². The van der Waals surface area contributed by atoms with Gasteiger partial charge in [-0.3, -0.25) is 0 Å². The fourth-order valence-corrected chi connectivity index (χ4v) is 20.9. The molecular formula is C40H50Cl2O6Te. The summed E-state index contributed by atoms with van der Waals surface area (Å²) in [5.74, 6) is 5.76. The van der Waals surface area contributed by atoms with E-state index in [1.54, 1.807) is 0 Å². The second-order valence-corrected chi connectivity index (χ2v) is 29.3. The number of carbonyl (C=O) groups excluding carboxylic acids is 2. The topological polar surface area (TPSA) is 71.1 Å². The van der Waals surface area contributed by atoms with E-state index in [1.807, 2.05) is 50.2 Å². The van der Waals surface area contributed by atoms with Crippen molar-refractivity contribution in [2.24, 2.45) is 47.3 Å². The summed E-state index contributed by atoms with van der Waals surface area (Å²) in [5, 5.41) is 0. The molecule has 8 fully saturated rings. The molecule has 0 atom stereocenters. The number of rotatable bonds is 10. The van der Waals surface area contributed by atoms with E-state index < -0.39 is 15.9 Å². The average Bonchev–Trinajstić information content (AvgIpc) is 3.03. The maximum absolute atomic E-state index is 13.0. The fourth-order valence-electron chi connectivity index (χ4n) is 11.5. The van der Waals surface area contributed by atoms with Gasteiger partial charge in [-0.1, -0.05) is 0 Å². The molecule has 0 aromatic heterocycles. The number of halogens is 2. The van der Waals surface area contributed by atoms with Gasteiger partial charge in [-0.15, -0.1) is 0 Å². The summed E-state index contributed by atoms with van der Waals surface area (Å²) >= 11 is -3.80. The fraction of sp³-hybridized carbons (Fsp3) is 0.650. The molecule has 8 aliphatic rings. The molecule has 0 N–H and O–H groups in total. The molecule has 0 unspecified atom stereocenters. The summed E-state index contributed by atoms with van der Waals surface area (Å²) in [6.45, 7) is 8.02. The van der Waals surface area contributed by atoms with E-state index >= 15 is 0 Å². The second-order valence-electron chi connectivity index (χ2n) is 16.8. The molecule has 9 heteroatoms. The van der Waals surface area contributed by atoms with Gasteiger partial charge < -0.3 is 0 Å². The van der Waals surface area contributed by atoms with E-state index in [9.17, 15) is 9.59 Å². The summed E-state index contributed by atoms with van der Waals surface area (Å²) < 4.78 is 26.0. The quantitative estimate of drug-likeness (QED) is 0.182. The predicted octanol–water partition coefficient (Wildman–Crippen LogP) is 7.61. The summed E-state index contributed by atoms with van der Waals surface area (Å²) in [6.07, 6.45) is 12.2. The molecule has 8 aliphatic carbocycles. The van der Waals surface area contributed by atoms with Crippen molar-refractivity contribution in [2.75, 3.05) is 13.2 Å². The molecule has 2 aromatic rings. The number of carbonyl (C=O) groups is 2. The van der Waals surface area contributed by atoms with Crippen LogP contribution in [0.5, 0.6) is 11.5 Å². The second kappa shape index (κ2) is 12.8. The van der Waals surface area contributed by atoms with Crippen LogP contribution in [-0.2, 0) is 19.1 Å². The monoisotopic (exact) mass is 826 g/mol. The number of ether oxygens (including phenoxy) is 4. The minimum atomic E-state index is -3.80. The van der Waals surface area contributed by atoms with Crippen molar-refractivity contribution < 1.29 is 28.5 Å². The van der Waals surface area contributed by atoms with Gasteiger partial charge in [0.1, 0.15) is 0 Å². The Morgan fingerprint density at radius 1 is 0.612 bits per heavy atom. The third kappa shape index (κ3) is 6.29. The van der Waals surface area contributed by atoms with Crippen LogP contribution >= 0.6 is 17.9 Å². The van der Waals surface area contributed by atoms with Crippen molar-refractivity contribution in [3.8, 4) is 11.5 Å². The van der Waals surface area contributed by atoms with Crippen LogP contribution < -0.4 is 16.7 Å². The first kappa shape index (κ1) is 34.4. The van der Waals surface area contributed by atoms with Crippen LogP contribution in [0.3, 0.4) is 0 Å². The molecule has 0 amide bonds. The van der Waals surface area contributed by atoms with Crippen LogP contribution in [0.4, 0.5) is 0 Å². The van der Waals surface area contributed by atoms with Crippen LogP contribution in [0.2, 0.25) is 0 Å². The summed E-state index contributed by atoms with van der Waals surface area (Å²) in [5.41, 5.74) is 1.11. The van der Waals surface area contributed by atoms with Gasteiger partial charge in [-0.25, -0.2) is 0 Å². The Bertz CT molecular complexity index is 1460. The predicted molar refractivity (Wildman–Crippen MR) is 193 cm³/mol. The Kier molecular flexibility index (Phi) is 8.98. The summed E-state index contributed by atoms with van der Waals surface area (Å²) in [7, 11) is 14.5. The Hall–Kier alpha value is -1.65. The van der Waals surface area contributed by atoms with Crippen molar-refractivity contribution in [2.45, 2.75) is 103 Å². The zero-order valence-electron chi connectivity index (χ0n) is 29.2. The molecule has 0 heterocycles. The van der Waals surface area contributed by atoms with Crippen molar-refractivity contribution in [1.29, 1.82) is 0 Å². The molecule has 0 radical (unpaired) electrons. The van der Waals surface area contributed by atoms with Gasteiger partial charge in [0.15, 0.2) is 0 Å². The van der Waals surface area contributed by atoms with Crippen molar-refractivity contribution in [3.63, 3.8) is 0 Å². The molecule has 0 aliphatic heterocycles. The Morgan fingerprint density at radius 2 is 0.939 bits per heavy atom. The van der Waals surface area contributed by atoms with Gasteiger partial charge >= 0.3 is 291 Å². The van der Waals surface area contributed by atoms with Crippen molar-refractivity contribution in [1.82, 2.24) is 0 Å². The molecule has 266 valence electrons. The first-order valence-electron chi connectivity index (χ1n) is 18.4. The van der Waals surface area contributed by atoms with Crippen LogP contribution in [0.1, 0.15) is 89.2 Å². The van der Waals surface area contributed by atoms with E-state index in [1.165, 1.54) is 64.2 Å². The van der Waals surface area contributed by atoms with Crippen LogP contribution in [0.25, 0.3) is 0 Å². The van der Waals surface area contributed by atoms with Gasteiger partial charge in [0.25, 0.3) is 0 Å². The number of esters is 2. The van der Waals surface area contributed by atoms with Gasteiger partial charge in [0.05, 0.1) is 0 Å².